The van der Waals surface area contributed by atoms with Crippen molar-refractivity contribution >= 4 is 38.9 Å². The minimum atomic E-state index is -3.72. The van der Waals surface area contributed by atoms with Gasteiger partial charge in [-0.3, -0.25) is 4.99 Å². The summed E-state index contributed by atoms with van der Waals surface area (Å²) in [5, 5.41) is 20.1. The number of anilines is 1. The van der Waals surface area contributed by atoms with Crippen molar-refractivity contribution in [3.8, 4) is 0 Å². The van der Waals surface area contributed by atoms with E-state index in [9.17, 15) is 26.8 Å². The van der Waals surface area contributed by atoms with Gasteiger partial charge in [0, 0.05) is 18.4 Å². The Labute approximate surface area is 175 Å². The molecule has 2 aromatic rings. The van der Waals surface area contributed by atoms with Crippen LogP contribution in [0.25, 0.3) is 0 Å². The summed E-state index contributed by atoms with van der Waals surface area (Å²) in [5.74, 6) is -3.15. The summed E-state index contributed by atoms with van der Waals surface area (Å²) in [6.45, 7) is -0.163. The van der Waals surface area contributed by atoms with Crippen molar-refractivity contribution in [3.63, 3.8) is 0 Å². The van der Waals surface area contributed by atoms with E-state index >= 15 is 0 Å². The molecule has 1 aliphatic rings. The molecule has 30 heavy (non-hydrogen) atoms. The van der Waals surface area contributed by atoms with Gasteiger partial charge >= 0.3 is 0 Å². The molecule has 1 aliphatic heterocycles. The maximum atomic E-state index is 14.3. The molecule has 160 valence electrons. The minimum Gasteiger partial charge on any atom is -0.411 e. The Morgan fingerprint density at radius 3 is 2.60 bits per heavy atom. The number of benzene rings is 2. The summed E-state index contributed by atoms with van der Waals surface area (Å²) in [6.07, 6.45) is -0.0123. The van der Waals surface area contributed by atoms with E-state index in [-0.39, 0.29) is 52.8 Å². The summed E-state index contributed by atoms with van der Waals surface area (Å²) in [5.41, 5.74) is 0.707. The Hall–Kier alpha value is -2.63. The zero-order valence-electron chi connectivity index (χ0n) is 15.3. The molecular weight excluding hydrogens is 445 g/mol. The number of nitrogens with two attached hydrogens (primary N) is 1. The van der Waals surface area contributed by atoms with Crippen molar-refractivity contribution in [3.05, 3.63) is 63.4 Å². The van der Waals surface area contributed by atoms with Gasteiger partial charge in [0.1, 0.15) is 11.7 Å². The third-order valence-electron chi connectivity index (χ3n) is 4.41. The van der Waals surface area contributed by atoms with Gasteiger partial charge in [-0.25, -0.2) is 26.7 Å². The predicted octanol–water partition coefficient (Wildman–Crippen LogP) is 2.83. The van der Waals surface area contributed by atoms with Gasteiger partial charge in [-0.05, 0) is 29.3 Å². The highest BCUT2D eigenvalue weighted by molar-refractivity contribution is 7.89. The second-order valence-corrected chi connectivity index (χ2v) is 8.68. The number of sulfonamides is 1. The zero-order chi connectivity index (χ0) is 22.1. The van der Waals surface area contributed by atoms with Crippen LogP contribution in [0.5, 0.6) is 0 Å². The lowest BCUT2D eigenvalue weighted by molar-refractivity contribution is 0.318. The molecule has 0 spiro atoms. The van der Waals surface area contributed by atoms with Crippen molar-refractivity contribution in [2.24, 2.45) is 15.3 Å². The molecule has 0 bridgehead atoms. The predicted molar refractivity (Wildman–Crippen MR) is 107 cm³/mol. The van der Waals surface area contributed by atoms with Crippen LogP contribution in [0.2, 0.25) is 5.02 Å². The van der Waals surface area contributed by atoms with Gasteiger partial charge in [-0.1, -0.05) is 22.8 Å². The van der Waals surface area contributed by atoms with Crippen molar-refractivity contribution in [1.82, 2.24) is 0 Å². The van der Waals surface area contributed by atoms with Crippen LogP contribution in [0.15, 0.2) is 34.4 Å². The van der Waals surface area contributed by atoms with Crippen LogP contribution in [-0.2, 0) is 22.9 Å². The monoisotopic (exact) mass is 460 g/mol. The Morgan fingerprint density at radius 2 is 1.97 bits per heavy atom. The number of hydrogen-bond donors (Lipinski definition) is 3. The van der Waals surface area contributed by atoms with E-state index in [0.717, 1.165) is 12.1 Å². The van der Waals surface area contributed by atoms with Crippen LogP contribution >= 0.6 is 11.6 Å². The summed E-state index contributed by atoms with van der Waals surface area (Å²) in [6, 6.07) is 4.79. The Bertz CT molecular complexity index is 1170. The first-order valence-electron chi connectivity index (χ1n) is 8.56. The van der Waals surface area contributed by atoms with E-state index in [1.165, 1.54) is 12.1 Å². The summed E-state index contributed by atoms with van der Waals surface area (Å²) < 4.78 is 63.9. The summed E-state index contributed by atoms with van der Waals surface area (Å²) in [4.78, 5) is 4.02. The average molecular weight is 461 g/mol. The van der Waals surface area contributed by atoms with E-state index in [2.05, 4.69) is 15.5 Å². The molecule has 0 aliphatic carbocycles. The second kappa shape index (κ2) is 8.62. The minimum absolute atomic E-state index is 0.000380. The molecule has 0 fully saturated rings. The number of rotatable bonds is 6. The molecular formula is C18H16ClF3N4O3S. The third kappa shape index (κ3) is 4.91. The Kier molecular flexibility index (Phi) is 6.34. The summed E-state index contributed by atoms with van der Waals surface area (Å²) in [7, 11) is -3.72. The van der Waals surface area contributed by atoms with Crippen LogP contribution in [0.1, 0.15) is 16.7 Å². The SMILES string of the molecule is NS(=O)(=O)CCN=C1Cc2c(/C(Cc3ccc(F)c(Cl)c3)=N/O)cc(F)c(F)c2N1. The first kappa shape index (κ1) is 22.1. The number of nitrogens with one attached hydrogen (secondary N) is 1. The van der Waals surface area contributed by atoms with Crippen LogP contribution in [-0.4, -0.2) is 37.5 Å². The van der Waals surface area contributed by atoms with E-state index in [1.807, 2.05) is 0 Å². The fraction of sp³-hybridized carbons (Fsp3) is 0.222. The average Bonchev–Trinajstić information content (AvgIpc) is 3.09. The van der Waals surface area contributed by atoms with E-state index in [0.29, 0.717) is 5.56 Å². The molecule has 1 heterocycles. The fourth-order valence-corrected chi connectivity index (χ4v) is 3.57. The van der Waals surface area contributed by atoms with Crippen LogP contribution < -0.4 is 10.5 Å². The van der Waals surface area contributed by atoms with Gasteiger partial charge in [0.15, 0.2) is 11.6 Å². The first-order chi connectivity index (χ1) is 14.1. The maximum absolute atomic E-state index is 14.3. The third-order valence-corrected chi connectivity index (χ3v) is 5.45. The highest BCUT2D eigenvalue weighted by atomic mass is 35.5. The standard InChI is InChI=1S/C18H16ClF3N4O3S/c19-12-5-9(1-2-13(12)20)6-15(26-27)10-7-14(21)17(22)18-11(10)8-16(25-18)24-3-4-30(23,28)29/h1-2,5,7,27H,3-4,6,8H2,(H,24,25)(H2,23,28,29)/b26-15+. The highest BCUT2D eigenvalue weighted by Gasteiger charge is 2.28. The molecule has 0 aromatic heterocycles. The second-order valence-electron chi connectivity index (χ2n) is 6.54. The largest absolute Gasteiger partial charge is 0.411 e. The number of halogens is 4. The number of amidine groups is 1. The number of primary sulfonamides is 1. The normalized spacial score (nSPS) is 15.4. The summed E-state index contributed by atoms with van der Waals surface area (Å²) >= 11 is 5.76. The zero-order valence-corrected chi connectivity index (χ0v) is 16.9. The van der Waals surface area contributed by atoms with Crippen molar-refractivity contribution < 1.29 is 26.8 Å². The van der Waals surface area contributed by atoms with Crippen molar-refractivity contribution in [2.45, 2.75) is 12.8 Å². The smallest absolute Gasteiger partial charge is 0.210 e. The molecule has 0 saturated carbocycles. The van der Waals surface area contributed by atoms with Gasteiger partial charge < -0.3 is 10.5 Å². The van der Waals surface area contributed by atoms with Gasteiger partial charge in [0.05, 0.1) is 28.7 Å². The first-order valence-corrected chi connectivity index (χ1v) is 10.7. The molecule has 12 heteroatoms. The van der Waals surface area contributed by atoms with E-state index in [4.69, 9.17) is 16.7 Å². The van der Waals surface area contributed by atoms with Crippen LogP contribution in [0.3, 0.4) is 0 Å². The maximum Gasteiger partial charge on any atom is 0.210 e. The Morgan fingerprint density at radius 1 is 1.23 bits per heavy atom. The number of oxime groups is 1. The van der Waals surface area contributed by atoms with Crippen LogP contribution in [0, 0.1) is 17.5 Å². The fourth-order valence-electron chi connectivity index (χ4n) is 3.02. The number of fused-ring (bicyclic) bond motifs is 1. The molecule has 0 amide bonds. The van der Waals surface area contributed by atoms with E-state index < -0.39 is 33.2 Å². The van der Waals surface area contributed by atoms with Crippen molar-refractivity contribution in [2.75, 3.05) is 17.6 Å². The molecule has 4 N–H and O–H groups in total. The van der Waals surface area contributed by atoms with Gasteiger partial charge in [-0.15, -0.1) is 0 Å². The molecule has 7 nitrogen and oxygen atoms in total. The number of hydrogen-bond acceptors (Lipinski definition) is 5. The molecule has 2 aromatic carbocycles. The molecule has 0 saturated heterocycles. The quantitative estimate of drug-likeness (QED) is 0.349. The number of nitrogens with zero attached hydrogens (tertiary/aromatic N) is 2. The lowest BCUT2D eigenvalue weighted by atomic mass is 9.95. The molecule has 0 radical (unpaired) electrons. The lowest BCUT2D eigenvalue weighted by Crippen LogP contribution is -2.19. The molecule has 0 atom stereocenters. The molecule has 3 rings (SSSR count). The Balaban J connectivity index is 1.93. The van der Waals surface area contributed by atoms with Gasteiger partial charge in [-0.2, -0.15) is 0 Å². The van der Waals surface area contributed by atoms with Crippen molar-refractivity contribution in [1.29, 1.82) is 0 Å². The van der Waals surface area contributed by atoms with Gasteiger partial charge in [0.25, 0.3) is 0 Å². The highest BCUT2D eigenvalue weighted by Crippen LogP contribution is 2.33. The van der Waals surface area contributed by atoms with Crippen LogP contribution in [0.4, 0.5) is 18.9 Å². The topological polar surface area (TPSA) is 117 Å². The van der Waals surface area contributed by atoms with E-state index in [1.54, 1.807) is 0 Å². The van der Waals surface area contributed by atoms with Gasteiger partial charge in [0.2, 0.25) is 10.0 Å². The molecule has 0 unspecified atom stereocenters. The number of aliphatic imine (C=N–C) groups is 1. The lowest BCUT2D eigenvalue weighted by Gasteiger charge is -2.11.